The normalized spacial score (nSPS) is 19.4. The van der Waals surface area contributed by atoms with Crippen molar-refractivity contribution in [1.29, 1.82) is 0 Å². The van der Waals surface area contributed by atoms with Crippen LogP contribution in [0.5, 0.6) is 0 Å². The first-order valence-corrected chi connectivity index (χ1v) is 3.24. The van der Waals surface area contributed by atoms with E-state index in [-0.39, 0.29) is 0 Å². The summed E-state index contributed by atoms with van der Waals surface area (Å²) in [6.07, 6.45) is 3.36. The molecule has 0 fully saturated rings. The van der Waals surface area contributed by atoms with Gasteiger partial charge in [0.05, 0.1) is 19.6 Å². The quantitative estimate of drug-likeness (QED) is 0.474. The van der Waals surface area contributed by atoms with Crippen molar-refractivity contribution in [3.05, 3.63) is 0 Å². The summed E-state index contributed by atoms with van der Waals surface area (Å²) in [5.74, 6) is 0. The van der Waals surface area contributed by atoms with Gasteiger partial charge in [-0.2, -0.15) is 0 Å². The Morgan fingerprint density at radius 2 is 2.62 bits per heavy atom. The summed E-state index contributed by atoms with van der Waals surface area (Å²) in [6, 6.07) is 0. The SMILES string of the molecule is CC[N+]1=CNCCC1. The Morgan fingerprint density at radius 1 is 1.75 bits per heavy atom. The van der Waals surface area contributed by atoms with Crippen molar-refractivity contribution in [2.24, 2.45) is 0 Å². The van der Waals surface area contributed by atoms with Crippen LogP contribution in [-0.2, 0) is 0 Å². The average molecular weight is 113 g/mol. The molecule has 1 aliphatic heterocycles. The van der Waals surface area contributed by atoms with Gasteiger partial charge in [-0.15, -0.1) is 0 Å². The maximum Gasteiger partial charge on any atom is 0.231 e. The van der Waals surface area contributed by atoms with E-state index in [1.807, 2.05) is 0 Å². The summed E-state index contributed by atoms with van der Waals surface area (Å²) in [5.41, 5.74) is 0. The molecular formula is C6H13N2+. The second-order valence-electron chi connectivity index (χ2n) is 2.07. The molecule has 0 aromatic carbocycles. The van der Waals surface area contributed by atoms with Gasteiger partial charge in [-0.1, -0.05) is 0 Å². The van der Waals surface area contributed by atoms with E-state index in [4.69, 9.17) is 0 Å². The first-order chi connectivity index (χ1) is 3.93. The van der Waals surface area contributed by atoms with E-state index in [0.29, 0.717) is 0 Å². The minimum Gasteiger partial charge on any atom is -0.281 e. The van der Waals surface area contributed by atoms with E-state index in [1.54, 1.807) is 0 Å². The third-order valence-electron chi connectivity index (χ3n) is 1.45. The van der Waals surface area contributed by atoms with Crippen LogP contribution in [0.15, 0.2) is 0 Å². The van der Waals surface area contributed by atoms with Gasteiger partial charge in [-0.25, -0.2) is 0 Å². The molecule has 1 rings (SSSR count). The summed E-state index contributed by atoms with van der Waals surface area (Å²) in [6.45, 7) is 5.68. The van der Waals surface area contributed by atoms with Crippen LogP contribution < -0.4 is 5.32 Å². The number of hydrogen-bond acceptors (Lipinski definition) is 1. The molecule has 46 valence electrons. The van der Waals surface area contributed by atoms with Crippen LogP contribution in [0.3, 0.4) is 0 Å². The van der Waals surface area contributed by atoms with Crippen molar-refractivity contribution in [2.45, 2.75) is 13.3 Å². The fourth-order valence-electron chi connectivity index (χ4n) is 0.892. The molecule has 2 heteroatoms. The first-order valence-electron chi connectivity index (χ1n) is 3.24. The minimum atomic E-state index is 1.13. The molecule has 0 saturated carbocycles. The molecule has 0 unspecified atom stereocenters. The smallest absolute Gasteiger partial charge is 0.231 e. The first kappa shape index (κ1) is 5.60. The van der Waals surface area contributed by atoms with E-state index in [9.17, 15) is 0 Å². The van der Waals surface area contributed by atoms with E-state index >= 15 is 0 Å². The maximum absolute atomic E-state index is 3.19. The zero-order valence-electron chi connectivity index (χ0n) is 5.35. The van der Waals surface area contributed by atoms with Gasteiger partial charge >= 0.3 is 0 Å². The number of rotatable bonds is 1. The Bertz CT molecular complexity index is 96.7. The van der Waals surface area contributed by atoms with E-state index < -0.39 is 0 Å². The van der Waals surface area contributed by atoms with Gasteiger partial charge in [-0.05, 0) is 6.92 Å². The van der Waals surface area contributed by atoms with Gasteiger partial charge in [0.15, 0.2) is 0 Å². The molecule has 1 N–H and O–H groups in total. The average Bonchev–Trinajstić information content (AvgIpc) is 1.90. The fraction of sp³-hybridized carbons (Fsp3) is 0.833. The molecule has 0 spiro atoms. The second-order valence-corrected chi connectivity index (χ2v) is 2.07. The molecule has 0 saturated heterocycles. The highest BCUT2D eigenvalue weighted by atomic mass is 15.1. The number of nitrogens with one attached hydrogen (secondary N) is 1. The molecule has 1 heterocycles. The molecule has 0 aliphatic carbocycles. The summed E-state index contributed by atoms with van der Waals surface area (Å²) < 4.78 is 2.28. The third kappa shape index (κ3) is 1.22. The Morgan fingerprint density at radius 3 is 3.00 bits per heavy atom. The fourth-order valence-corrected chi connectivity index (χ4v) is 0.892. The number of nitrogens with zero attached hydrogens (tertiary/aromatic N) is 1. The topological polar surface area (TPSA) is 15.0 Å². The molecule has 0 aromatic heterocycles. The largest absolute Gasteiger partial charge is 0.281 e. The van der Waals surface area contributed by atoms with Crippen LogP contribution in [-0.4, -0.2) is 30.5 Å². The summed E-state index contributed by atoms with van der Waals surface area (Å²) in [7, 11) is 0. The molecule has 0 atom stereocenters. The molecule has 0 radical (unpaired) electrons. The van der Waals surface area contributed by atoms with Crippen molar-refractivity contribution in [2.75, 3.05) is 19.6 Å². The van der Waals surface area contributed by atoms with E-state index in [0.717, 1.165) is 13.1 Å². The van der Waals surface area contributed by atoms with E-state index in [2.05, 4.69) is 23.2 Å². The van der Waals surface area contributed by atoms with Crippen molar-refractivity contribution < 1.29 is 4.58 Å². The Balaban J connectivity index is 2.37. The van der Waals surface area contributed by atoms with Crippen LogP contribution in [0.4, 0.5) is 0 Å². The van der Waals surface area contributed by atoms with Gasteiger partial charge in [0.2, 0.25) is 6.34 Å². The molecule has 1 aliphatic rings. The lowest BCUT2D eigenvalue weighted by atomic mass is 10.4. The zero-order valence-corrected chi connectivity index (χ0v) is 5.35. The Kier molecular flexibility index (Phi) is 1.89. The summed E-state index contributed by atoms with van der Waals surface area (Å²) in [4.78, 5) is 0. The molecule has 0 bridgehead atoms. The van der Waals surface area contributed by atoms with Crippen molar-refractivity contribution in [3.63, 3.8) is 0 Å². The Labute approximate surface area is 50.2 Å². The van der Waals surface area contributed by atoms with Crippen molar-refractivity contribution in [3.8, 4) is 0 Å². The molecule has 8 heavy (non-hydrogen) atoms. The van der Waals surface area contributed by atoms with Crippen molar-refractivity contribution in [1.82, 2.24) is 5.32 Å². The van der Waals surface area contributed by atoms with Crippen LogP contribution >= 0.6 is 0 Å². The summed E-state index contributed by atoms with van der Waals surface area (Å²) in [5, 5.41) is 3.19. The highest BCUT2D eigenvalue weighted by Crippen LogP contribution is 1.83. The zero-order chi connectivity index (χ0) is 5.82. The monoisotopic (exact) mass is 113 g/mol. The standard InChI is InChI=1S/C6H12N2/c1-2-8-5-3-4-7-6-8/h6H,2-5H2,1H3/p+1. The second kappa shape index (κ2) is 2.70. The van der Waals surface area contributed by atoms with Gasteiger partial charge in [0, 0.05) is 6.42 Å². The van der Waals surface area contributed by atoms with Crippen LogP contribution in [0.1, 0.15) is 13.3 Å². The van der Waals surface area contributed by atoms with Crippen LogP contribution in [0, 0.1) is 0 Å². The molecular weight excluding hydrogens is 100 g/mol. The van der Waals surface area contributed by atoms with E-state index in [1.165, 1.54) is 13.0 Å². The van der Waals surface area contributed by atoms with Gasteiger partial charge < -0.3 is 0 Å². The van der Waals surface area contributed by atoms with Gasteiger partial charge in [-0.3, -0.25) is 9.89 Å². The lowest BCUT2D eigenvalue weighted by Gasteiger charge is -2.07. The summed E-state index contributed by atoms with van der Waals surface area (Å²) >= 11 is 0. The minimum absolute atomic E-state index is 1.13. The third-order valence-corrected chi connectivity index (χ3v) is 1.45. The van der Waals surface area contributed by atoms with Crippen molar-refractivity contribution >= 4 is 6.34 Å². The van der Waals surface area contributed by atoms with Gasteiger partial charge in [0.25, 0.3) is 0 Å². The number of hydrogen-bond donors (Lipinski definition) is 1. The lowest BCUT2D eigenvalue weighted by Crippen LogP contribution is -2.31. The lowest BCUT2D eigenvalue weighted by molar-refractivity contribution is -0.525. The molecule has 0 aromatic rings. The predicted molar refractivity (Wildman–Crippen MR) is 34.4 cm³/mol. The highest BCUT2D eigenvalue weighted by Gasteiger charge is 2.02. The Hall–Kier alpha value is -0.530. The maximum atomic E-state index is 3.19. The van der Waals surface area contributed by atoms with Gasteiger partial charge in [0.1, 0.15) is 0 Å². The van der Waals surface area contributed by atoms with Crippen LogP contribution in [0.25, 0.3) is 0 Å². The molecule has 2 nitrogen and oxygen atoms in total. The van der Waals surface area contributed by atoms with Crippen LogP contribution in [0.2, 0.25) is 0 Å². The molecule has 0 amide bonds. The highest BCUT2D eigenvalue weighted by molar-refractivity contribution is 5.48. The predicted octanol–water partition coefficient (Wildman–Crippen LogP) is 0.0404.